The lowest BCUT2D eigenvalue weighted by Gasteiger charge is -2.32. The summed E-state index contributed by atoms with van der Waals surface area (Å²) in [6, 6.07) is 3.82. The lowest BCUT2D eigenvalue weighted by Crippen LogP contribution is -2.47. The molecule has 6 heteroatoms. The first-order valence-corrected chi connectivity index (χ1v) is 7.21. The third kappa shape index (κ3) is 3.68. The topological polar surface area (TPSA) is 41.6 Å². The molecule has 1 fully saturated rings. The van der Waals surface area contributed by atoms with Gasteiger partial charge >= 0.3 is 0 Å². The van der Waals surface area contributed by atoms with Crippen LogP contribution in [0.2, 0.25) is 4.34 Å². The molecule has 18 heavy (non-hydrogen) atoms. The van der Waals surface area contributed by atoms with Crippen LogP contribution in [0.5, 0.6) is 0 Å². The molecule has 1 saturated heterocycles. The minimum atomic E-state index is -0.0491. The summed E-state index contributed by atoms with van der Waals surface area (Å²) >= 11 is 7.11. The van der Waals surface area contributed by atoms with Crippen LogP contribution in [0.15, 0.2) is 12.1 Å². The summed E-state index contributed by atoms with van der Waals surface area (Å²) in [6.45, 7) is 6.18. The van der Waals surface area contributed by atoms with Crippen molar-refractivity contribution in [3.8, 4) is 0 Å². The summed E-state index contributed by atoms with van der Waals surface area (Å²) in [6.07, 6.45) is 0. The fourth-order valence-corrected chi connectivity index (χ4v) is 2.87. The molecule has 2 heterocycles. The van der Waals surface area contributed by atoms with Crippen LogP contribution in [-0.2, 0) is 4.74 Å². The van der Waals surface area contributed by atoms with Gasteiger partial charge in [-0.05, 0) is 19.1 Å². The van der Waals surface area contributed by atoms with E-state index in [9.17, 15) is 4.79 Å². The maximum Gasteiger partial charge on any atom is 0.261 e. The molecule has 2 rings (SSSR count). The maximum absolute atomic E-state index is 11.8. The summed E-state index contributed by atoms with van der Waals surface area (Å²) in [7, 11) is 0. The highest BCUT2D eigenvalue weighted by Gasteiger charge is 2.18. The van der Waals surface area contributed by atoms with E-state index in [0.29, 0.717) is 21.8 Å². The van der Waals surface area contributed by atoms with Crippen LogP contribution in [-0.4, -0.2) is 49.7 Å². The average molecular weight is 289 g/mol. The lowest BCUT2D eigenvalue weighted by atomic mass is 10.2. The van der Waals surface area contributed by atoms with Crippen molar-refractivity contribution in [3.63, 3.8) is 0 Å². The van der Waals surface area contributed by atoms with Crippen LogP contribution in [0.3, 0.4) is 0 Å². The maximum atomic E-state index is 11.8. The van der Waals surface area contributed by atoms with Crippen LogP contribution >= 0.6 is 22.9 Å². The number of carbonyl (C=O) groups is 1. The molecule has 0 aromatic carbocycles. The van der Waals surface area contributed by atoms with Crippen molar-refractivity contribution >= 4 is 28.8 Å². The fraction of sp³-hybridized carbons (Fsp3) is 0.583. The second-order valence-corrected chi connectivity index (χ2v) is 6.03. The highest BCUT2D eigenvalue weighted by Crippen LogP contribution is 2.21. The third-order valence-corrected chi connectivity index (χ3v) is 4.25. The first-order valence-electron chi connectivity index (χ1n) is 6.02. The van der Waals surface area contributed by atoms with Gasteiger partial charge in [0.05, 0.1) is 22.4 Å². The van der Waals surface area contributed by atoms with Gasteiger partial charge < -0.3 is 10.1 Å². The SMILES string of the molecule is C[C@H](CNC(=O)c1ccc(Cl)s1)N1CCOCC1. The van der Waals surface area contributed by atoms with Crippen molar-refractivity contribution in [2.75, 3.05) is 32.8 Å². The Morgan fingerprint density at radius 3 is 2.89 bits per heavy atom. The van der Waals surface area contributed by atoms with Gasteiger partial charge in [-0.2, -0.15) is 0 Å². The zero-order valence-corrected chi connectivity index (χ0v) is 11.9. The average Bonchev–Trinajstić information content (AvgIpc) is 2.83. The molecule has 1 N–H and O–H groups in total. The summed E-state index contributed by atoms with van der Waals surface area (Å²) in [4.78, 5) is 14.8. The summed E-state index contributed by atoms with van der Waals surface area (Å²) in [5.74, 6) is -0.0491. The van der Waals surface area contributed by atoms with Crippen molar-refractivity contribution in [1.82, 2.24) is 10.2 Å². The number of nitrogens with one attached hydrogen (secondary N) is 1. The Kier molecular flexibility index (Phi) is 5.00. The number of halogens is 1. The van der Waals surface area contributed by atoms with Crippen molar-refractivity contribution < 1.29 is 9.53 Å². The smallest absolute Gasteiger partial charge is 0.261 e. The minimum absolute atomic E-state index is 0.0491. The molecule has 0 bridgehead atoms. The van der Waals surface area contributed by atoms with Gasteiger partial charge in [0, 0.05) is 25.7 Å². The fourth-order valence-electron chi connectivity index (χ4n) is 1.91. The predicted octanol–water partition coefficient (Wildman–Crippen LogP) is 1.85. The Morgan fingerprint density at radius 2 is 2.28 bits per heavy atom. The van der Waals surface area contributed by atoms with Gasteiger partial charge in [-0.1, -0.05) is 11.6 Å². The Morgan fingerprint density at radius 1 is 1.56 bits per heavy atom. The van der Waals surface area contributed by atoms with E-state index >= 15 is 0 Å². The molecule has 0 saturated carbocycles. The number of hydrogen-bond donors (Lipinski definition) is 1. The zero-order chi connectivity index (χ0) is 13.0. The molecule has 1 aliphatic rings. The van der Waals surface area contributed by atoms with Crippen LogP contribution in [0, 0.1) is 0 Å². The van der Waals surface area contributed by atoms with Gasteiger partial charge in [-0.25, -0.2) is 0 Å². The highest BCUT2D eigenvalue weighted by molar-refractivity contribution is 7.17. The molecule has 0 aliphatic carbocycles. The number of carbonyl (C=O) groups excluding carboxylic acids is 1. The van der Waals surface area contributed by atoms with Gasteiger partial charge in [-0.15, -0.1) is 11.3 Å². The first kappa shape index (κ1) is 13.8. The Hall–Kier alpha value is -0.620. The van der Waals surface area contributed by atoms with Gasteiger partial charge in [0.1, 0.15) is 0 Å². The molecule has 1 amide bonds. The molecule has 1 aliphatic heterocycles. The number of hydrogen-bond acceptors (Lipinski definition) is 4. The van der Waals surface area contributed by atoms with E-state index in [1.165, 1.54) is 11.3 Å². The van der Waals surface area contributed by atoms with Gasteiger partial charge in [0.15, 0.2) is 0 Å². The van der Waals surface area contributed by atoms with E-state index in [2.05, 4.69) is 17.1 Å². The Bertz CT molecular complexity index is 405. The van der Waals surface area contributed by atoms with Gasteiger partial charge in [0.2, 0.25) is 0 Å². The zero-order valence-electron chi connectivity index (χ0n) is 10.3. The van der Waals surface area contributed by atoms with Gasteiger partial charge in [0.25, 0.3) is 5.91 Å². The largest absolute Gasteiger partial charge is 0.379 e. The molecular weight excluding hydrogens is 272 g/mol. The van der Waals surface area contributed by atoms with E-state index in [4.69, 9.17) is 16.3 Å². The van der Waals surface area contributed by atoms with E-state index in [-0.39, 0.29) is 5.91 Å². The quantitative estimate of drug-likeness (QED) is 0.919. The molecule has 100 valence electrons. The number of morpholine rings is 1. The Labute approximate surface area is 116 Å². The minimum Gasteiger partial charge on any atom is -0.379 e. The summed E-state index contributed by atoms with van der Waals surface area (Å²) < 4.78 is 5.95. The summed E-state index contributed by atoms with van der Waals surface area (Å²) in [5, 5.41) is 2.94. The Balaban J connectivity index is 1.78. The molecule has 0 radical (unpaired) electrons. The molecule has 1 aromatic heterocycles. The molecule has 1 aromatic rings. The second-order valence-electron chi connectivity index (χ2n) is 4.31. The molecule has 0 unspecified atom stereocenters. The van der Waals surface area contributed by atoms with Crippen molar-refractivity contribution in [2.24, 2.45) is 0 Å². The van der Waals surface area contributed by atoms with Crippen LogP contribution in [0.1, 0.15) is 16.6 Å². The lowest BCUT2D eigenvalue weighted by molar-refractivity contribution is 0.0204. The van der Waals surface area contributed by atoms with Crippen molar-refractivity contribution in [1.29, 1.82) is 0 Å². The van der Waals surface area contributed by atoms with E-state index in [0.717, 1.165) is 26.3 Å². The third-order valence-electron chi connectivity index (χ3n) is 3.02. The molecular formula is C12H17ClN2O2S. The van der Waals surface area contributed by atoms with Crippen molar-refractivity contribution in [3.05, 3.63) is 21.3 Å². The molecule has 0 spiro atoms. The summed E-state index contributed by atoms with van der Waals surface area (Å²) in [5.41, 5.74) is 0. The molecule has 1 atom stereocenters. The van der Waals surface area contributed by atoms with Gasteiger partial charge in [-0.3, -0.25) is 9.69 Å². The first-order chi connectivity index (χ1) is 8.66. The second kappa shape index (κ2) is 6.52. The molecule has 4 nitrogen and oxygen atoms in total. The monoisotopic (exact) mass is 288 g/mol. The van der Waals surface area contributed by atoms with Crippen LogP contribution < -0.4 is 5.32 Å². The van der Waals surface area contributed by atoms with Crippen LogP contribution in [0.4, 0.5) is 0 Å². The number of thiophene rings is 1. The number of ether oxygens (including phenoxy) is 1. The standard InChI is InChI=1S/C12H17ClN2O2S/c1-9(15-4-6-17-7-5-15)8-14-12(16)10-2-3-11(13)18-10/h2-3,9H,4-8H2,1H3,(H,14,16)/t9-/m1/s1. The van der Waals surface area contributed by atoms with E-state index in [1.807, 2.05) is 0 Å². The number of rotatable bonds is 4. The number of nitrogens with zero attached hydrogens (tertiary/aromatic N) is 1. The van der Waals surface area contributed by atoms with Crippen molar-refractivity contribution in [2.45, 2.75) is 13.0 Å². The van der Waals surface area contributed by atoms with E-state index < -0.39 is 0 Å². The highest BCUT2D eigenvalue weighted by atomic mass is 35.5. The number of amides is 1. The van der Waals surface area contributed by atoms with E-state index in [1.54, 1.807) is 12.1 Å². The van der Waals surface area contributed by atoms with Crippen LogP contribution in [0.25, 0.3) is 0 Å². The normalized spacial score (nSPS) is 18.6. The predicted molar refractivity (Wildman–Crippen MR) is 73.5 cm³/mol.